The Bertz CT molecular complexity index is 1720. The van der Waals surface area contributed by atoms with E-state index in [0.717, 1.165) is 47.9 Å². The number of nitrogens with one attached hydrogen (secondary N) is 3. The molecule has 47 heavy (non-hydrogen) atoms. The number of aromatic nitrogens is 3. The van der Waals surface area contributed by atoms with Crippen LogP contribution in [0.15, 0.2) is 63.8 Å². The molecule has 2 saturated heterocycles. The van der Waals surface area contributed by atoms with Gasteiger partial charge < -0.3 is 20.1 Å². The van der Waals surface area contributed by atoms with Gasteiger partial charge in [-0.1, -0.05) is 51.5 Å². The number of aromatic amines is 1. The van der Waals surface area contributed by atoms with Crippen molar-refractivity contribution in [1.29, 1.82) is 0 Å². The molecule has 4 aliphatic rings. The second-order valence-electron chi connectivity index (χ2n) is 13.4. The summed E-state index contributed by atoms with van der Waals surface area (Å²) < 4.78 is 7.37. The molecule has 0 radical (unpaired) electrons. The number of aliphatic hydroxyl groups excluding tert-OH is 1. The standard InChI is InChI=1S/C35H43N7O4S/c1-4-20(3)26(17-36-30(43)14-23-18-47-29-8-6-5-7-25(23)29)32-34(46-32)39-27-10-9-21-11-19(2)12-22-13-28(42(31(21)22)35(27)45)33(44)37-15-24-16-38-41-40-24/h5-8,12,16-20,26-28,32,34-35,39,45H,4,9-11,13-15H2,1-3H3,(H,37,44)(H,38,40,41). The SMILES string of the molecule is CCC(C)C(C=NC(=O)Cc1csc2ccccc12)C1OC1NC1CCC2=C3C(=CC(C)C2)CC(C(=O)NCc2cn[nH]n2)N3C1O. The number of hydrogen-bond donors (Lipinski definition) is 4. The van der Waals surface area contributed by atoms with Crippen LogP contribution in [0.3, 0.4) is 0 Å². The number of ether oxygens (including phenoxy) is 1. The molecule has 2 aromatic heterocycles. The van der Waals surface area contributed by atoms with E-state index in [2.05, 4.69) is 70.0 Å². The van der Waals surface area contributed by atoms with Crippen LogP contribution in [-0.4, -0.2) is 74.1 Å². The minimum Gasteiger partial charge on any atom is -0.372 e. The number of carbonyl (C=O) groups is 2. The molecule has 2 fully saturated rings. The average Bonchev–Trinajstić information content (AvgIpc) is 3.38. The van der Waals surface area contributed by atoms with E-state index in [4.69, 9.17) is 4.74 Å². The van der Waals surface area contributed by atoms with Crippen molar-refractivity contribution >= 4 is 39.5 Å². The van der Waals surface area contributed by atoms with E-state index in [1.807, 2.05) is 22.4 Å². The van der Waals surface area contributed by atoms with Gasteiger partial charge in [-0.2, -0.15) is 15.4 Å². The Balaban J connectivity index is 1.03. The van der Waals surface area contributed by atoms with E-state index in [-0.39, 0.29) is 55.0 Å². The number of allylic oxidation sites excluding steroid dienone is 3. The Morgan fingerprint density at radius 2 is 2.15 bits per heavy atom. The Morgan fingerprint density at radius 3 is 2.96 bits per heavy atom. The number of amides is 2. The molecule has 3 aliphatic heterocycles. The maximum absolute atomic E-state index is 13.5. The van der Waals surface area contributed by atoms with Gasteiger partial charge in [-0.3, -0.25) is 14.9 Å². The molecule has 1 aromatic carbocycles. The third kappa shape index (κ3) is 6.56. The van der Waals surface area contributed by atoms with Gasteiger partial charge in [0.05, 0.1) is 25.2 Å². The number of fused-ring (bicyclic) bond motifs is 1. The van der Waals surface area contributed by atoms with Gasteiger partial charge in [-0.15, -0.1) is 11.3 Å². The third-order valence-electron chi connectivity index (χ3n) is 10.2. The lowest BCUT2D eigenvalue weighted by atomic mass is 9.86. The van der Waals surface area contributed by atoms with Crippen LogP contribution in [0, 0.1) is 17.8 Å². The molecular formula is C35H43N7O4S. The van der Waals surface area contributed by atoms with Gasteiger partial charge in [-0.25, -0.2) is 4.99 Å². The summed E-state index contributed by atoms with van der Waals surface area (Å²) >= 11 is 1.65. The van der Waals surface area contributed by atoms with Crippen LogP contribution >= 0.6 is 11.3 Å². The van der Waals surface area contributed by atoms with Gasteiger partial charge in [0.1, 0.15) is 30.3 Å². The van der Waals surface area contributed by atoms with E-state index < -0.39 is 12.3 Å². The molecule has 5 heterocycles. The normalized spacial score (nSPS) is 28.3. The fourth-order valence-corrected chi connectivity index (χ4v) is 8.47. The van der Waals surface area contributed by atoms with Crippen molar-refractivity contribution < 1.29 is 19.4 Å². The van der Waals surface area contributed by atoms with Gasteiger partial charge in [0.15, 0.2) is 0 Å². The molecular weight excluding hydrogens is 614 g/mol. The first-order valence-electron chi connectivity index (χ1n) is 16.8. The molecule has 2 amide bonds. The third-order valence-corrected chi connectivity index (χ3v) is 11.2. The number of aliphatic imine (C=N–C) groups is 1. The second-order valence-corrected chi connectivity index (χ2v) is 14.4. The molecule has 12 heteroatoms. The lowest BCUT2D eigenvalue weighted by molar-refractivity contribution is -0.129. The van der Waals surface area contributed by atoms with Crippen molar-refractivity contribution in [3.63, 3.8) is 0 Å². The molecule has 3 aromatic rings. The maximum Gasteiger partial charge on any atom is 0.249 e. The van der Waals surface area contributed by atoms with Crippen LogP contribution in [0.2, 0.25) is 0 Å². The van der Waals surface area contributed by atoms with E-state index in [1.54, 1.807) is 23.7 Å². The molecule has 7 rings (SSSR count). The van der Waals surface area contributed by atoms with Crippen molar-refractivity contribution in [1.82, 2.24) is 30.9 Å². The van der Waals surface area contributed by atoms with Gasteiger partial charge in [0.2, 0.25) is 11.8 Å². The van der Waals surface area contributed by atoms with Crippen LogP contribution in [0.1, 0.15) is 64.1 Å². The summed E-state index contributed by atoms with van der Waals surface area (Å²) in [4.78, 5) is 32.9. The topological polar surface area (TPSA) is 148 Å². The predicted molar refractivity (Wildman–Crippen MR) is 180 cm³/mol. The number of benzene rings is 1. The summed E-state index contributed by atoms with van der Waals surface area (Å²) in [5.41, 5.74) is 5.15. The van der Waals surface area contributed by atoms with Crippen LogP contribution in [0.4, 0.5) is 0 Å². The first-order valence-corrected chi connectivity index (χ1v) is 17.6. The summed E-state index contributed by atoms with van der Waals surface area (Å²) in [5, 5.41) is 32.1. The van der Waals surface area contributed by atoms with E-state index in [1.165, 1.54) is 10.3 Å². The Hall–Kier alpha value is -3.71. The van der Waals surface area contributed by atoms with Crippen molar-refractivity contribution in [3.05, 3.63) is 70.0 Å². The zero-order valence-electron chi connectivity index (χ0n) is 27.1. The largest absolute Gasteiger partial charge is 0.372 e. The van der Waals surface area contributed by atoms with Crippen LogP contribution in [0.25, 0.3) is 10.1 Å². The lowest BCUT2D eigenvalue weighted by Crippen LogP contribution is -2.54. The number of thiophene rings is 1. The average molecular weight is 658 g/mol. The van der Waals surface area contributed by atoms with Gasteiger partial charge in [0.25, 0.3) is 0 Å². The highest BCUT2D eigenvalue weighted by atomic mass is 32.1. The quantitative estimate of drug-likeness (QED) is 0.177. The molecule has 4 N–H and O–H groups in total. The first-order chi connectivity index (χ1) is 22.8. The summed E-state index contributed by atoms with van der Waals surface area (Å²) in [6.07, 6.45) is 8.53. The Kier molecular flexibility index (Phi) is 9.10. The van der Waals surface area contributed by atoms with Crippen molar-refractivity contribution in [2.75, 3.05) is 0 Å². The fraction of sp³-hybridized carbons (Fsp3) is 0.514. The molecule has 8 atom stereocenters. The zero-order chi connectivity index (χ0) is 32.7. The number of H-pyrrole nitrogens is 1. The minimum atomic E-state index is -0.910. The molecule has 11 nitrogen and oxygen atoms in total. The van der Waals surface area contributed by atoms with Gasteiger partial charge in [-0.05, 0) is 64.6 Å². The molecule has 0 spiro atoms. The molecule has 248 valence electrons. The molecule has 8 unspecified atom stereocenters. The highest BCUT2D eigenvalue weighted by Crippen LogP contribution is 2.46. The number of nitrogens with zero attached hydrogens (tertiary/aromatic N) is 4. The summed E-state index contributed by atoms with van der Waals surface area (Å²) in [6.45, 7) is 6.77. The summed E-state index contributed by atoms with van der Waals surface area (Å²) in [6, 6.07) is 7.29. The Morgan fingerprint density at radius 1 is 1.30 bits per heavy atom. The van der Waals surface area contributed by atoms with E-state index in [9.17, 15) is 14.7 Å². The molecule has 0 saturated carbocycles. The van der Waals surface area contributed by atoms with Gasteiger partial charge >= 0.3 is 0 Å². The molecule has 0 bridgehead atoms. The fourth-order valence-electron chi connectivity index (χ4n) is 7.51. The van der Waals surface area contributed by atoms with E-state index >= 15 is 0 Å². The van der Waals surface area contributed by atoms with Crippen molar-refractivity contribution in [3.8, 4) is 0 Å². The van der Waals surface area contributed by atoms with Crippen molar-refractivity contribution in [2.45, 2.75) is 96.5 Å². The number of epoxide rings is 1. The Labute approximate surface area is 278 Å². The zero-order valence-corrected chi connectivity index (χ0v) is 27.9. The summed E-state index contributed by atoms with van der Waals surface area (Å²) in [5.74, 6) is 0.284. The highest BCUT2D eigenvalue weighted by Gasteiger charge is 2.51. The number of aliphatic hydroxyl groups is 1. The summed E-state index contributed by atoms with van der Waals surface area (Å²) in [7, 11) is 0. The van der Waals surface area contributed by atoms with Gasteiger partial charge in [0, 0.05) is 29.0 Å². The van der Waals surface area contributed by atoms with Crippen LogP contribution in [-0.2, 0) is 27.3 Å². The monoisotopic (exact) mass is 657 g/mol. The first kappa shape index (κ1) is 31.9. The number of hydrogen-bond acceptors (Lipinski definition) is 9. The lowest BCUT2D eigenvalue weighted by Gasteiger charge is -2.35. The van der Waals surface area contributed by atoms with Crippen LogP contribution < -0.4 is 10.6 Å². The minimum absolute atomic E-state index is 0.0489. The molecule has 1 aliphatic carbocycles. The smallest absolute Gasteiger partial charge is 0.249 e. The van der Waals surface area contributed by atoms with Crippen molar-refractivity contribution in [2.24, 2.45) is 22.7 Å². The maximum atomic E-state index is 13.5. The number of rotatable bonds is 11. The number of carbonyl (C=O) groups excluding carboxylic acids is 2. The van der Waals surface area contributed by atoms with Crippen LogP contribution in [0.5, 0.6) is 0 Å². The second kappa shape index (κ2) is 13.4. The highest BCUT2D eigenvalue weighted by molar-refractivity contribution is 7.17. The predicted octanol–water partition coefficient (Wildman–Crippen LogP) is 4.23. The van der Waals surface area contributed by atoms with E-state index in [0.29, 0.717) is 18.0 Å².